The number of carboxylic acid groups (broad SMARTS) is 2. The molecule has 0 amide bonds. The summed E-state index contributed by atoms with van der Waals surface area (Å²) >= 11 is 3.31. The Morgan fingerprint density at radius 1 is 1.40 bits per heavy atom. The molecular formula is C14H15BrO5. The number of halogens is 1. The van der Waals surface area contributed by atoms with E-state index in [0.717, 1.165) is 16.1 Å². The van der Waals surface area contributed by atoms with Crippen molar-refractivity contribution in [3.05, 3.63) is 33.8 Å². The molecule has 0 saturated heterocycles. The molecule has 5 nitrogen and oxygen atoms in total. The van der Waals surface area contributed by atoms with E-state index in [4.69, 9.17) is 14.9 Å². The molecule has 108 valence electrons. The van der Waals surface area contributed by atoms with E-state index in [1.807, 2.05) is 0 Å². The molecule has 1 aromatic carbocycles. The molecule has 0 saturated carbocycles. The Morgan fingerprint density at radius 3 is 2.55 bits per heavy atom. The van der Waals surface area contributed by atoms with Gasteiger partial charge in [-0.25, -0.2) is 9.59 Å². The van der Waals surface area contributed by atoms with Crippen molar-refractivity contribution in [3.63, 3.8) is 0 Å². The SMILES string of the molecule is CCC(Oc1c(C)cc(Br)cc1/C=C/C(=O)O)C(=O)O. The predicted octanol–water partition coefficient (Wildman–Crippen LogP) is 3.10. The Balaban J connectivity index is 3.22. The van der Waals surface area contributed by atoms with Crippen LogP contribution < -0.4 is 4.74 Å². The van der Waals surface area contributed by atoms with Crippen LogP contribution in [0, 0.1) is 6.92 Å². The summed E-state index contributed by atoms with van der Waals surface area (Å²) in [5.41, 5.74) is 1.24. The van der Waals surface area contributed by atoms with Gasteiger partial charge in [0.15, 0.2) is 6.10 Å². The number of aryl methyl sites for hydroxylation is 1. The number of aliphatic carboxylic acids is 2. The van der Waals surface area contributed by atoms with E-state index in [9.17, 15) is 9.59 Å². The van der Waals surface area contributed by atoms with E-state index in [-0.39, 0.29) is 0 Å². The number of hydrogen-bond donors (Lipinski definition) is 2. The van der Waals surface area contributed by atoms with E-state index >= 15 is 0 Å². The molecule has 1 unspecified atom stereocenters. The van der Waals surface area contributed by atoms with Gasteiger partial charge in [-0.15, -0.1) is 0 Å². The lowest BCUT2D eigenvalue weighted by Gasteiger charge is -2.17. The van der Waals surface area contributed by atoms with E-state index in [0.29, 0.717) is 17.7 Å². The maximum atomic E-state index is 11.0. The minimum absolute atomic E-state index is 0.312. The van der Waals surface area contributed by atoms with E-state index in [1.54, 1.807) is 26.0 Å². The van der Waals surface area contributed by atoms with Crippen LogP contribution >= 0.6 is 15.9 Å². The quantitative estimate of drug-likeness (QED) is 0.776. The summed E-state index contributed by atoms with van der Waals surface area (Å²) in [5.74, 6) is -1.76. The highest BCUT2D eigenvalue weighted by molar-refractivity contribution is 9.10. The second kappa shape index (κ2) is 7.09. The number of ether oxygens (including phenoxy) is 1. The number of benzene rings is 1. The summed E-state index contributed by atoms with van der Waals surface area (Å²) < 4.78 is 6.27. The van der Waals surface area contributed by atoms with Gasteiger partial charge in [-0.2, -0.15) is 0 Å². The molecule has 6 heteroatoms. The van der Waals surface area contributed by atoms with Gasteiger partial charge in [-0.05, 0) is 37.1 Å². The summed E-state index contributed by atoms with van der Waals surface area (Å²) in [6.07, 6.45) is 1.71. The smallest absolute Gasteiger partial charge is 0.344 e. The summed E-state index contributed by atoms with van der Waals surface area (Å²) in [6, 6.07) is 3.46. The van der Waals surface area contributed by atoms with Crippen LogP contribution in [0.15, 0.2) is 22.7 Å². The van der Waals surface area contributed by atoms with Gasteiger partial charge in [0, 0.05) is 16.1 Å². The molecule has 1 aromatic rings. The van der Waals surface area contributed by atoms with Crippen LogP contribution in [0.2, 0.25) is 0 Å². The van der Waals surface area contributed by atoms with Gasteiger partial charge in [0.2, 0.25) is 0 Å². The first-order chi connectivity index (χ1) is 9.35. The highest BCUT2D eigenvalue weighted by Gasteiger charge is 2.19. The average molecular weight is 343 g/mol. The molecular weight excluding hydrogens is 328 g/mol. The van der Waals surface area contributed by atoms with Gasteiger partial charge in [-0.1, -0.05) is 22.9 Å². The molecule has 0 heterocycles. The monoisotopic (exact) mass is 342 g/mol. The highest BCUT2D eigenvalue weighted by atomic mass is 79.9. The van der Waals surface area contributed by atoms with Crippen molar-refractivity contribution in [3.8, 4) is 5.75 Å². The molecule has 2 N–H and O–H groups in total. The molecule has 0 spiro atoms. The number of carbonyl (C=O) groups is 2. The largest absolute Gasteiger partial charge is 0.479 e. The van der Waals surface area contributed by atoms with Crippen molar-refractivity contribution in [1.29, 1.82) is 0 Å². The van der Waals surface area contributed by atoms with Crippen LogP contribution in [0.5, 0.6) is 5.75 Å². The molecule has 0 aliphatic heterocycles. The Hall–Kier alpha value is -1.82. The first kappa shape index (κ1) is 16.2. The van der Waals surface area contributed by atoms with Crippen molar-refractivity contribution >= 4 is 33.9 Å². The topological polar surface area (TPSA) is 83.8 Å². The van der Waals surface area contributed by atoms with Crippen molar-refractivity contribution < 1.29 is 24.5 Å². The van der Waals surface area contributed by atoms with Gasteiger partial charge in [-0.3, -0.25) is 0 Å². The normalized spacial score (nSPS) is 12.3. The highest BCUT2D eigenvalue weighted by Crippen LogP contribution is 2.30. The van der Waals surface area contributed by atoms with Crippen LogP contribution in [0.1, 0.15) is 24.5 Å². The lowest BCUT2D eigenvalue weighted by atomic mass is 10.1. The minimum atomic E-state index is -1.08. The lowest BCUT2D eigenvalue weighted by Crippen LogP contribution is -2.26. The van der Waals surface area contributed by atoms with Gasteiger partial charge in [0.25, 0.3) is 0 Å². The molecule has 0 aliphatic carbocycles. The summed E-state index contributed by atoms with van der Waals surface area (Å²) in [7, 11) is 0. The zero-order valence-electron chi connectivity index (χ0n) is 11.1. The van der Waals surface area contributed by atoms with Crippen LogP contribution in [-0.2, 0) is 9.59 Å². The van der Waals surface area contributed by atoms with Crippen LogP contribution in [0.25, 0.3) is 6.08 Å². The fourth-order valence-corrected chi connectivity index (χ4v) is 2.24. The molecule has 0 radical (unpaired) electrons. The third kappa shape index (κ3) is 4.38. The number of hydrogen-bond acceptors (Lipinski definition) is 3. The molecule has 20 heavy (non-hydrogen) atoms. The Bertz CT molecular complexity index is 551. The van der Waals surface area contributed by atoms with Crippen molar-refractivity contribution in [2.75, 3.05) is 0 Å². The minimum Gasteiger partial charge on any atom is -0.479 e. The van der Waals surface area contributed by atoms with Crippen LogP contribution in [-0.4, -0.2) is 28.3 Å². The maximum Gasteiger partial charge on any atom is 0.344 e. The van der Waals surface area contributed by atoms with Crippen LogP contribution in [0.4, 0.5) is 0 Å². The van der Waals surface area contributed by atoms with Crippen molar-refractivity contribution in [2.45, 2.75) is 26.4 Å². The zero-order valence-corrected chi connectivity index (χ0v) is 12.7. The first-order valence-corrected chi connectivity index (χ1v) is 6.75. The third-order valence-corrected chi connectivity index (χ3v) is 3.04. The molecule has 0 fully saturated rings. The maximum absolute atomic E-state index is 11.0. The molecule has 0 aliphatic rings. The second-order valence-corrected chi connectivity index (χ2v) is 5.08. The summed E-state index contributed by atoms with van der Waals surface area (Å²) in [5, 5.41) is 17.7. The zero-order chi connectivity index (χ0) is 15.3. The van der Waals surface area contributed by atoms with Gasteiger partial charge in [0.05, 0.1) is 0 Å². The molecule has 0 bridgehead atoms. The standard InChI is InChI=1S/C14H15BrO5/c1-3-11(14(18)19)20-13-8(2)6-10(15)7-9(13)4-5-12(16)17/h4-7,11H,3H2,1-2H3,(H,16,17)(H,18,19)/b5-4+. The van der Waals surface area contributed by atoms with E-state index in [1.165, 1.54) is 6.08 Å². The number of carboxylic acids is 2. The van der Waals surface area contributed by atoms with Crippen molar-refractivity contribution in [1.82, 2.24) is 0 Å². The van der Waals surface area contributed by atoms with Gasteiger partial charge >= 0.3 is 11.9 Å². The molecule has 0 aromatic heterocycles. The van der Waals surface area contributed by atoms with Gasteiger partial charge < -0.3 is 14.9 Å². The van der Waals surface area contributed by atoms with E-state index in [2.05, 4.69) is 15.9 Å². The molecule has 1 rings (SSSR count). The average Bonchev–Trinajstić information content (AvgIpc) is 2.34. The Labute approximate surface area is 125 Å². The fourth-order valence-electron chi connectivity index (χ4n) is 1.65. The number of rotatable bonds is 6. The van der Waals surface area contributed by atoms with E-state index < -0.39 is 18.0 Å². The predicted molar refractivity (Wildman–Crippen MR) is 77.9 cm³/mol. The Morgan fingerprint density at radius 2 is 2.05 bits per heavy atom. The molecule has 1 atom stereocenters. The first-order valence-electron chi connectivity index (χ1n) is 5.95. The second-order valence-electron chi connectivity index (χ2n) is 4.17. The third-order valence-electron chi connectivity index (χ3n) is 2.58. The summed E-state index contributed by atoms with van der Waals surface area (Å²) in [4.78, 5) is 21.7. The Kier molecular flexibility index (Phi) is 5.76. The van der Waals surface area contributed by atoms with Crippen molar-refractivity contribution in [2.24, 2.45) is 0 Å². The lowest BCUT2D eigenvalue weighted by molar-refractivity contribution is -0.145. The van der Waals surface area contributed by atoms with Crippen LogP contribution in [0.3, 0.4) is 0 Å². The van der Waals surface area contributed by atoms with Gasteiger partial charge in [0.1, 0.15) is 5.75 Å². The fraction of sp³-hybridized carbons (Fsp3) is 0.286. The summed E-state index contributed by atoms with van der Waals surface area (Å²) in [6.45, 7) is 3.48.